The molecule has 0 aliphatic carbocycles. The summed E-state index contributed by atoms with van der Waals surface area (Å²) < 4.78 is 32.1. The van der Waals surface area contributed by atoms with Crippen LogP contribution in [0.15, 0.2) is 18.2 Å². The van der Waals surface area contributed by atoms with Gasteiger partial charge in [0.1, 0.15) is 0 Å². The van der Waals surface area contributed by atoms with Crippen molar-refractivity contribution in [3.8, 4) is 0 Å². The first-order valence-corrected chi connectivity index (χ1v) is 6.11. The van der Waals surface area contributed by atoms with E-state index in [1.807, 2.05) is 0 Å². The fourth-order valence-electron chi connectivity index (χ4n) is 2.02. The second-order valence-electron chi connectivity index (χ2n) is 4.62. The molecule has 0 radical (unpaired) electrons. The van der Waals surface area contributed by atoms with Crippen molar-refractivity contribution >= 4 is 5.91 Å². The Morgan fingerprint density at radius 3 is 2.95 bits per heavy atom. The van der Waals surface area contributed by atoms with Crippen molar-refractivity contribution in [2.24, 2.45) is 5.73 Å². The molecule has 1 amide bonds. The lowest BCUT2D eigenvalue weighted by atomic mass is 10.1. The zero-order chi connectivity index (χ0) is 14.0. The summed E-state index contributed by atoms with van der Waals surface area (Å²) in [6.07, 6.45) is -0.283. The van der Waals surface area contributed by atoms with Crippen molar-refractivity contribution in [1.82, 2.24) is 4.90 Å². The first kappa shape index (κ1) is 13.9. The van der Waals surface area contributed by atoms with Crippen LogP contribution < -0.4 is 5.73 Å². The van der Waals surface area contributed by atoms with Crippen LogP contribution in [0.3, 0.4) is 0 Å². The molecule has 1 aromatic rings. The minimum atomic E-state index is -1.11. The summed E-state index contributed by atoms with van der Waals surface area (Å²) in [5.74, 6) is -2.68. The van der Waals surface area contributed by atoms with Crippen LogP contribution in [0.25, 0.3) is 0 Å². The lowest BCUT2D eigenvalue weighted by Crippen LogP contribution is -2.51. The number of halogens is 2. The second-order valence-corrected chi connectivity index (χ2v) is 4.62. The zero-order valence-corrected chi connectivity index (χ0v) is 10.6. The Bertz CT molecular complexity index is 480. The van der Waals surface area contributed by atoms with Gasteiger partial charge in [-0.25, -0.2) is 8.78 Å². The highest BCUT2D eigenvalue weighted by Gasteiger charge is 2.28. The third kappa shape index (κ3) is 2.90. The minimum absolute atomic E-state index is 0.229. The number of carbonyl (C=O) groups excluding carboxylic acids is 1. The molecule has 4 nitrogen and oxygen atoms in total. The first-order valence-electron chi connectivity index (χ1n) is 6.11. The average Bonchev–Trinajstić information content (AvgIpc) is 2.41. The summed E-state index contributed by atoms with van der Waals surface area (Å²) >= 11 is 0. The van der Waals surface area contributed by atoms with E-state index in [2.05, 4.69) is 0 Å². The molecule has 6 heteroatoms. The monoisotopic (exact) mass is 270 g/mol. The number of rotatable bonds is 2. The van der Waals surface area contributed by atoms with E-state index >= 15 is 0 Å². The van der Waals surface area contributed by atoms with E-state index in [9.17, 15) is 13.6 Å². The molecule has 2 atom stereocenters. The van der Waals surface area contributed by atoms with E-state index in [0.717, 1.165) is 6.07 Å². The van der Waals surface area contributed by atoms with Crippen LogP contribution in [-0.4, -0.2) is 42.6 Å². The summed E-state index contributed by atoms with van der Waals surface area (Å²) in [5, 5.41) is 0. The quantitative estimate of drug-likeness (QED) is 0.877. The first-order chi connectivity index (χ1) is 9.00. The SMILES string of the molecule is C[C@H](N)[C@@H]1CN(C(=O)c2cccc(F)c2F)CCO1. The Labute approximate surface area is 110 Å². The summed E-state index contributed by atoms with van der Waals surface area (Å²) in [4.78, 5) is 13.6. The van der Waals surface area contributed by atoms with Gasteiger partial charge in [-0.05, 0) is 19.1 Å². The third-order valence-corrected chi connectivity index (χ3v) is 3.15. The molecule has 2 rings (SSSR count). The van der Waals surface area contributed by atoms with Crippen LogP contribution in [0.2, 0.25) is 0 Å². The predicted octanol–water partition coefficient (Wildman–Crippen LogP) is 1.15. The topological polar surface area (TPSA) is 55.6 Å². The minimum Gasteiger partial charge on any atom is -0.373 e. The summed E-state index contributed by atoms with van der Waals surface area (Å²) in [6, 6.07) is 3.34. The van der Waals surface area contributed by atoms with Crippen LogP contribution >= 0.6 is 0 Å². The highest BCUT2D eigenvalue weighted by molar-refractivity contribution is 5.94. The molecule has 1 fully saturated rings. The van der Waals surface area contributed by atoms with Crippen LogP contribution in [0, 0.1) is 11.6 Å². The Morgan fingerprint density at radius 2 is 2.26 bits per heavy atom. The standard InChI is InChI=1S/C13H16F2N2O2/c1-8(16)11-7-17(5-6-19-11)13(18)9-3-2-4-10(14)12(9)15/h2-4,8,11H,5-7,16H2,1H3/t8-,11-/m0/s1. The smallest absolute Gasteiger partial charge is 0.257 e. The maximum absolute atomic E-state index is 13.6. The summed E-state index contributed by atoms with van der Waals surface area (Å²) in [5.41, 5.74) is 5.47. The van der Waals surface area contributed by atoms with E-state index in [0.29, 0.717) is 13.2 Å². The molecule has 0 unspecified atom stereocenters. The molecule has 1 aliphatic rings. The lowest BCUT2D eigenvalue weighted by molar-refractivity contribution is -0.0301. The Balaban J connectivity index is 2.17. The van der Waals surface area contributed by atoms with Gasteiger partial charge in [-0.1, -0.05) is 6.07 Å². The van der Waals surface area contributed by atoms with Crippen molar-refractivity contribution in [2.45, 2.75) is 19.1 Å². The highest BCUT2D eigenvalue weighted by Crippen LogP contribution is 2.16. The molecule has 104 valence electrons. The Hall–Kier alpha value is -1.53. The number of hydrogen-bond donors (Lipinski definition) is 1. The Morgan fingerprint density at radius 1 is 1.53 bits per heavy atom. The molecular formula is C13H16F2N2O2. The van der Waals surface area contributed by atoms with Gasteiger partial charge < -0.3 is 15.4 Å². The molecule has 1 aromatic carbocycles. The molecule has 0 bridgehead atoms. The van der Waals surface area contributed by atoms with E-state index in [1.165, 1.54) is 17.0 Å². The molecular weight excluding hydrogens is 254 g/mol. The number of ether oxygens (including phenoxy) is 1. The van der Waals surface area contributed by atoms with Crippen molar-refractivity contribution in [1.29, 1.82) is 0 Å². The molecule has 0 aromatic heterocycles. The van der Waals surface area contributed by atoms with E-state index in [4.69, 9.17) is 10.5 Å². The molecule has 19 heavy (non-hydrogen) atoms. The predicted molar refractivity (Wildman–Crippen MR) is 65.7 cm³/mol. The zero-order valence-electron chi connectivity index (χ0n) is 10.6. The largest absolute Gasteiger partial charge is 0.373 e. The lowest BCUT2D eigenvalue weighted by Gasteiger charge is -2.34. The number of morpholine rings is 1. The van der Waals surface area contributed by atoms with Gasteiger partial charge in [0.05, 0.1) is 18.3 Å². The van der Waals surface area contributed by atoms with Crippen LogP contribution in [0.5, 0.6) is 0 Å². The summed E-state index contributed by atoms with van der Waals surface area (Å²) in [7, 11) is 0. The van der Waals surface area contributed by atoms with Crippen molar-refractivity contribution in [3.05, 3.63) is 35.4 Å². The van der Waals surface area contributed by atoms with Gasteiger partial charge in [-0.3, -0.25) is 4.79 Å². The molecule has 1 heterocycles. The highest BCUT2D eigenvalue weighted by atomic mass is 19.2. The maximum atomic E-state index is 13.6. The molecule has 1 aliphatic heterocycles. The van der Waals surface area contributed by atoms with Gasteiger partial charge in [-0.15, -0.1) is 0 Å². The molecule has 1 saturated heterocycles. The number of carbonyl (C=O) groups is 1. The van der Waals surface area contributed by atoms with Gasteiger partial charge >= 0.3 is 0 Å². The number of hydrogen-bond acceptors (Lipinski definition) is 3. The van der Waals surface area contributed by atoms with E-state index in [-0.39, 0.29) is 24.3 Å². The summed E-state index contributed by atoms with van der Waals surface area (Å²) in [6.45, 7) is 2.75. The van der Waals surface area contributed by atoms with E-state index in [1.54, 1.807) is 6.92 Å². The van der Waals surface area contributed by atoms with Gasteiger partial charge in [0.15, 0.2) is 11.6 Å². The third-order valence-electron chi connectivity index (χ3n) is 3.15. The Kier molecular flexibility index (Phi) is 4.11. The molecule has 0 spiro atoms. The number of nitrogens with zero attached hydrogens (tertiary/aromatic N) is 1. The van der Waals surface area contributed by atoms with Gasteiger partial charge in [0.25, 0.3) is 5.91 Å². The number of nitrogens with two attached hydrogens (primary N) is 1. The normalized spacial score (nSPS) is 21.3. The van der Waals surface area contributed by atoms with Crippen LogP contribution in [-0.2, 0) is 4.74 Å². The van der Waals surface area contributed by atoms with Gasteiger partial charge in [0, 0.05) is 19.1 Å². The maximum Gasteiger partial charge on any atom is 0.257 e. The number of amides is 1. The average molecular weight is 270 g/mol. The molecule has 2 N–H and O–H groups in total. The fourth-order valence-corrected chi connectivity index (χ4v) is 2.02. The van der Waals surface area contributed by atoms with Gasteiger partial charge in [0.2, 0.25) is 0 Å². The van der Waals surface area contributed by atoms with Crippen molar-refractivity contribution < 1.29 is 18.3 Å². The van der Waals surface area contributed by atoms with Crippen LogP contribution in [0.4, 0.5) is 8.78 Å². The van der Waals surface area contributed by atoms with Crippen molar-refractivity contribution in [3.63, 3.8) is 0 Å². The van der Waals surface area contributed by atoms with E-state index < -0.39 is 17.5 Å². The van der Waals surface area contributed by atoms with Crippen molar-refractivity contribution in [2.75, 3.05) is 19.7 Å². The second kappa shape index (κ2) is 5.63. The van der Waals surface area contributed by atoms with Gasteiger partial charge in [-0.2, -0.15) is 0 Å². The molecule has 0 saturated carbocycles. The number of benzene rings is 1. The fraction of sp³-hybridized carbons (Fsp3) is 0.462. The van der Waals surface area contributed by atoms with Crippen LogP contribution in [0.1, 0.15) is 17.3 Å².